The molecule has 3 rings (SSSR count). The number of carbonyl (C=O) groups is 1. The van der Waals surface area contributed by atoms with Crippen molar-refractivity contribution < 1.29 is 9.18 Å². The van der Waals surface area contributed by atoms with Crippen LogP contribution in [0.4, 0.5) is 4.39 Å². The molecule has 0 atom stereocenters. The van der Waals surface area contributed by atoms with Gasteiger partial charge in [-0.1, -0.05) is 31.5 Å². The summed E-state index contributed by atoms with van der Waals surface area (Å²) in [5.74, 6) is -0.368. The fourth-order valence-corrected chi connectivity index (χ4v) is 3.37. The van der Waals surface area contributed by atoms with E-state index in [1.165, 1.54) is 23.5 Å². The van der Waals surface area contributed by atoms with E-state index in [1.807, 2.05) is 13.8 Å². The Morgan fingerprint density at radius 2 is 2.11 bits per heavy atom. The highest BCUT2D eigenvalue weighted by Gasteiger charge is 2.14. The number of hydrogen-bond acceptors (Lipinski definition) is 4. The van der Waals surface area contributed by atoms with E-state index < -0.39 is 11.4 Å². The fourth-order valence-electron chi connectivity index (χ4n) is 2.44. The second-order valence-corrected chi connectivity index (χ2v) is 7.59. The van der Waals surface area contributed by atoms with Crippen LogP contribution >= 0.6 is 22.9 Å². The van der Waals surface area contributed by atoms with Crippen LogP contribution < -0.4 is 10.9 Å². The van der Waals surface area contributed by atoms with Gasteiger partial charge in [-0.2, -0.15) is 0 Å². The molecule has 140 valence electrons. The Kier molecular flexibility index (Phi) is 5.72. The molecule has 2 heterocycles. The Labute approximate surface area is 164 Å². The quantitative estimate of drug-likeness (QED) is 0.667. The number of amides is 1. The van der Waals surface area contributed by atoms with Gasteiger partial charge in [-0.15, -0.1) is 11.3 Å². The van der Waals surface area contributed by atoms with Crippen molar-refractivity contribution in [2.24, 2.45) is 5.92 Å². The minimum absolute atomic E-state index is 0.0619. The third-order valence-electron chi connectivity index (χ3n) is 3.87. The number of nitrogens with one attached hydrogen (secondary N) is 2. The molecule has 0 saturated heterocycles. The second-order valence-electron chi connectivity index (χ2n) is 6.26. The van der Waals surface area contributed by atoms with Crippen molar-refractivity contribution in [2.75, 3.05) is 0 Å². The van der Waals surface area contributed by atoms with E-state index in [0.29, 0.717) is 22.0 Å². The second kappa shape index (κ2) is 8.02. The minimum atomic E-state index is -0.430. The lowest BCUT2D eigenvalue weighted by atomic mass is 10.1. The van der Waals surface area contributed by atoms with Crippen molar-refractivity contribution >= 4 is 28.8 Å². The van der Waals surface area contributed by atoms with E-state index in [9.17, 15) is 14.0 Å². The zero-order chi connectivity index (χ0) is 19.6. The smallest absolute Gasteiger partial charge is 0.251 e. The van der Waals surface area contributed by atoms with Gasteiger partial charge in [-0.3, -0.25) is 9.59 Å². The molecule has 0 aliphatic rings. The van der Waals surface area contributed by atoms with Crippen LogP contribution in [0.5, 0.6) is 0 Å². The SMILES string of the molecule is CC(C)C(=O)NCc1ccc(Cl)c(-c2nc(-c3sccc3F)cc(=O)[nH]2)c1. The lowest BCUT2D eigenvalue weighted by molar-refractivity contribution is -0.124. The van der Waals surface area contributed by atoms with Gasteiger partial charge in [0.2, 0.25) is 5.91 Å². The van der Waals surface area contributed by atoms with Crippen LogP contribution in [0, 0.1) is 11.7 Å². The standard InChI is InChI=1S/C19H17ClFN3O2S/c1-10(2)19(26)22-9-11-3-4-13(20)12(7-11)18-23-15(8-16(25)24-18)17-14(21)5-6-27-17/h3-8,10H,9H2,1-2H3,(H,22,26)(H,23,24,25). The summed E-state index contributed by atoms with van der Waals surface area (Å²) >= 11 is 7.45. The van der Waals surface area contributed by atoms with E-state index in [1.54, 1.807) is 23.6 Å². The van der Waals surface area contributed by atoms with Crippen LogP contribution in [0.2, 0.25) is 5.02 Å². The molecule has 3 aromatic rings. The summed E-state index contributed by atoms with van der Waals surface area (Å²) in [4.78, 5) is 31.1. The molecule has 27 heavy (non-hydrogen) atoms. The number of aromatic amines is 1. The molecule has 0 radical (unpaired) electrons. The maximum Gasteiger partial charge on any atom is 0.251 e. The molecule has 0 fully saturated rings. The highest BCUT2D eigenvalue weighted by atomic mass is 35.5. The first-order chi connectivity index (χ1) is 12.8. The molecule has 0 aliphatic carbocycles. The summed E-state index contributed by atoms with van der Waals surface area (Å²) in [7, 11) is 0. The Hall–Kier alpha value is -2.51. The van der Waals surface area contributed by atoms with Gasteiger partial charge in [0.05, 0.1) is 15.6 Å². The summed E-state index contributed by atoms with van der Waals surface area (Å²) in [6.07, 6.45) is 0. The summed E-state index contributed by atoms with van der Waals surface area (Å²) in [6, 6.07) is 7.78. The average molecular weight is 406 g/mol. The number of H-pyrrole nitrogens is 1. The van der Waals surface area contributed by atoms with Gasteiger partial charge < -0.3 is 10.3 Å². The molecule has 0 saturated carbocycles. The molecule has 0 bridgehead atoms. The molecule has 0 spiro atoms. The predicted octanol–water partition coefficient (Wildman–Crippen LogP) is 4.23. The Balaban J connectivity index is 1.97. The van der Waals surface area contributed by atoms with E-state index in [2.05, 4.69) is 15.3 Å². The van der Waals surface area contributed by atoms with Crippen LogP contribution in [0.25, 0.3) is 22.0 Å². The Morgan fingerprint density at radius 1 is 1.33 bits per heavy atom. The highest BCUT2D eigenvalue weighted by Crippen LogP contribution is 2.30. The first-order valence-electron chi connectivity index (χ1n) is 8.26. The number of benzene rings is 1. The third-order valence-corrected chi connectivity index (χ3v) is 5.11. The lowest BCUT2D eigenvalue weighted by Gasteiger charge is -2.10. The number of aromatic nitrogens is 2. The van der Waals surface area contributed by atoms with Gasteiger partial charge in [0, 0.05) is 24.1 Å². The molecule has 5 nitrogen and oxygen atoms in total. The van der Waals surface area contributed by atoms with Gasteiger partial charge in [-0.05, 0) is 29.1 Å². The van der Waals surface area contributed by atoms with Crippen LogP contribution in [-0.4, -0.2) is 15.9 Å². The third kappa shape index (κ3) is 4.43. The van der Waals surface area contributed by atoms with Crippen molar-refractivity contribution in [3.05, 3.63) is 62.5 Å². The van der Waals surface area contributed by atoms with Crippen molar-refractivity contribution in [3.8, 4) is 22.0 Å². The van der Waals surface area contributed by atoms with Crippen LogP contribution in [-0.2, 0) is 11.3 Å². The van der Waals surface area contributed by atoms with Crippen molar-refractivity contribution in [2.45, 2.75) is 20.4 Å². The number of carbonyl (C=O) groups excluding carboxylic acids is 1. The molecular formula is C19H17ClFN3O2S. The molecule has 2 aromatic heterocycles. The zero-order valence-electron chi connectivity index (χ0n) is 14.7. The molecule has 2 N–H and O–H groups in total. The molecule has 1 aromatic carbocycles. The van der Waals surface area contributed by atoms with Crippen LogP contribution in [0.3, 0.4) is 0 Å². The first-order valence-corrected chi connectivity index (χ1v) is 9.52. The van der Waals surface area contributed by atoms with Crippen molar-refractivity contribution in [1.82, 2.24) is 15.3 Å². The minimum Gasteiger partial charge on any atom is -0.352 e. The average Bonchev–Trinajstić information content (AvgIpc) is 3.06. The maximum absolute atomic E-state index is 13.9. The molecule has 8 heteroatoms. The van der Waals surface area contributed by atoms with Crippen LogP contribution in [0.1, 0.15) is 19.4 Å². The molecule has 0 unspecified atom stereocenters. The molecule has 1 amide bonds. The summed E-state index contributed by atoms with van der Waals surface area (Å²) < 4.78 is 13.9. The first kappa shape index (κ1) is 19.3. The fraction of sp³-hybridized carbons (Fsp3) is 0.211. The zero-order valence-corrected chi connectivity index (χ0v) is 16.2. The largest absolute Gasteiger partial charge is 0.352 e. The van der Waals surface area contributed by atoms with E-state index in [0.717, 1.165) is 5.56 Å². The number of hydrogen-bond donors (Lipinski definition) is 2. The van der Waals surface area contributed by atoms with Gasteiger partial charge in [0.25, 0.3) is 5.56 Å². The summed E-state index contributed by atoms with van der Waals surface area (Å²) in [5, 5.41) is 4.81. The van der Waals surface area contributed by atoms with E-state index in [-0.39, 0.29) is 23.3 Å². The lowest BCUT2D eigenvalue weighted by Crippen LogP contribution is -2.27. The number of thiophene rings is 1. The highest BCUT2D eigenvalue weighted by molar-refractivity contribution is 7.13. The van der Waals surface area contributed by atoms with E-state index in [4.69, 9.17) is 11.6 Å². The normalized spacial score (nSPS) is 11.0. The molecular weight excluding hydrogens is 389 g/mol. The van der Waals surface area contributed by atoms with E-state index >= 15 is 0 Å². The number of rotatable bonds is 5. The molecule has 0 aliphatic heterocycles. The van der Waals surface area contributed by atoms with Gasteiger partial charge in [-0.25, -0.2) is 9.37 Å². The topological polar surface area (TPSA) is 74.8 Å². The monoisotopic (exact) mass is 405 g/mol. The Morgan fingerprint density at radius 3 is 2.78 bits per heavy atom. The number of nitrogens with zero attached hydrogens (tertiary/aromatic N) is 1. The van der Waals surface area contributed by atoms with Crippen molar-refractivity contribution in [1.29, 1.82) is 0 Å². The van der Waals surface area contributed by atoms with Crippen LogP contribution in [0.15, 0.2) is 40.5 Å². The summed E-state index contributed by atoms with van der Waals surface area (Å²) in [6.45, 7) is 3.95. The van der Waals surface area contributed by atoms with Crippen molar-refractivity contribution in [3.63, 3.8) is 0 Å². The Bertz CT molecular complexity index is 1050. The van der Waals surface area contributed by atoms with Gasteiger partial charge in [0.1, 0.15) is 11.6 Å². The summed E-state index contributed by atoms with van der Waals surface area (Å²) in [5.41, 5.74) is 1.15. The van der Waals surface area contributed by atoms with Gasteiger partial charge >= 0.3 is 0 Å². The maximum atomic E-state index is 13.9. The van der Waals surface area contributed by atoms with Gasteiger partial charge in [0.15, 0.2) is 0 Å². The predicted molar refractivity (Wildman–Crippen MR) is 105 cm³/mol. The number of halogens is 2.